The number of rotatable bonds is 5. The molecule has 3 nitrogen and oxygen atoms in total. The maximum absolute atomic E-state index is 5.54. The zero-order chi connectivity index (χ0) is 15.4. The van der Waals surface area contributed by atoms with Gasteiger partial charge in [-0.2, -0.15) is 0 Å². The fraction of sp³-hybridized carbons (Fsp3) is 0.389. The summed E-state index contributed by atoms with van der Waals surface area (Å²) >= 11 is 0. The third-order valence-electron chi connectivity index (χ3n) is 3.55. The van der Waals surface area contributed by atoms with Gasteiger partial charge in [-0.3, -0.25) is 4.98 Å². The number of nitrogens with zero attached hydrogens (tertiary/aromatic N) is 1. The Labute approximate surface area is 127 Å². The van der Waals surface area contributed by atoms with Crippen LogP contribution in [0.4, 0.5) is 5.69 Å². The van der Waals surface area contributed by atoms with Crippen molar-refractivity contribution < 1.29 is 4.74 Å². The second kappa shape index (κ2) is 6.61. The quantitative estimate of drug-likeness (QED) is 0.872. The van der Waals surface area contributed by atoms with E-state index >= 15 is 0 Å². The zero-order valence-corrected chi connectivity index (χ0v) is 13.5. The van der Waals surface area contributed by atoms with Crippen LogP contribution in [0.25, 0.3) is 0 Å². The van der Waals surface area contributed by atoms with E-state index in [0.29, 0.717) is 6.61 Å². The fourth-order valence-electron chi connectivity index (χ4n) is 2.85. The Kier molecular flexibility index (Phi) is 4.84. The van der Waals surface area contributed by atoms with Crippen LogP contribution < -0.4 is 10.1 Å². The predicted octanol–water partition coefficient (Wildman–Crippen LogP) is 4.58. The Bertz CT molecular complexity index is 599. The molecule has 1 N–H and O–H groups in total. The topological polar surface area (TPSA) is 34.1 Å². The summed E-state index contributed by atoms with van der Waals surface area (Å²) < 4.78 is 5.54. The summed E-state index contributed by atoms with van der Waals surface area (Å²) in [5.74, 6) is 0.894. The molecule has 2 rings (SSSR count). The molecule has 0 amide bonds. The van der Waals surface area contributed by atoms with Gasteiger partial charge in [-0.25, -0.2) is 0 Å². The molecule has 1 unspecified atom stereocenters. The molecule has 0 radical (unpaired) electrons. The Morgan fingerprint density at radius 2 is 1.95 bits per heavy atom. The molecule has 0 fully saturated rings. The summed E-state index contributed by atoms with van der Waals surface area (Å²) in [4.78, 5) is 4.58. The molecule has 2 aromatic rings. The first-order chi connectivity index (χ1) is 10.0. The van der Waals surface area contributed by atoms with Crippen LogP contribution in [0.15, 0.2) is 30.3 Å². The number of benzene rings is 1. The first-order valence-electron chi connectivity index (χ1n) is 7.45. The Morgan fingerprint density at radius 3 is 2.62 bits per heavy atom. The van der Waals surface area contributed by atoms with Gasteiger partial charge >= 0.3 is 0 Å². The van der Waals surface area contributed by atoms with Gasteiger partial charge in [0.1, 0.15) is 5.75 Å². The Balaban J connectivity index is 2.22. The highest BCUT2D eigenvalue weighted by molar-refractivity contribution is 5.50. The molecule has 0 spiro atoms. The molecular formula is C18H24N2O. The SMILES string of the molecule is CCOc1cccc(NC(C)c2c(C)cc(C)nc2C)c1. The van der Waals surface area contributed by atoms with Gasteiger partial charge < -0.3 is 10.1 Å². The molecule has 1 aromatic heterocycles. The van der Waals surface area contributed by atoms with Gasteiger partial charge in [-0.1, -0.05) is 6.07 Å². The third kappa shape index (κ3) is 3.75. The predicted molar refractivity (Wildman–Crippen MR) is 88.1 cm³/mol. The van der Waals surface area contributed by atoms with E-state index in [1.165, 1.54) is 11.1 Å². The van der Waals surface area contributed by atoms with Crippen LogP contribution in [0.2, 0.25) is 0 Å². The van der Waals surface area contributed by atoms with Gasteiger partial charge in [-0.05, 0) is 63.9 Å². The number of anilines is 1. The molecule has 112 valence electrons. The van der Waals surface area contributed by atoms with E-state index < -0.39 is 0 Å². The first kappa shape index (κ1) is 15.4. The van der Waals surface area contributed by atoms with Crippen LogP contribution in [0.3, 0.4) is 0 Å². The van der Waals surface area contributed by atoms with E-state index in [0.717, 1.165) is 22.8 Å². The minimum Gasteiger partial charge on any atom is -0.494 e. The molecule has 1 atom stereocenters. The zero-order valence-electron chi connectivity index (χ0n) is 13.5. The van der Waals surface area contributed by atoms with Crippen LogP contribution >= 0.6 is 0 Å². The normalized spacial score (nSPS) is 12.0. The van der Waals surface area contributed by atoms with Crippen molar-refractivity contribution in [3.8, 4) is 5.75 Å². The molecule has 0 aliphatic carbocycles. The molecule has 0 bridgehead atoms. The van der Waals surface area contributed by atoms with Crippen molar-refractivity contribution >= 4 is 5.69 Å². The van der Waals surface area contributed by atoms with E-state index in [2.05, 4.69) is 43.2 Å². The second-order valence-electron chi connectivity index (χ2n) is 5.41. The van der Waals surface area contributed by atoms with Crippen molar-refractivity contribution in [2.45, 2.75) is 40.7 Å². The Hall–Kier alpha value is -2.03. The number of pyridine rings is 1. The maximum Gasteiger partial charge on any atom is 0.121 e. The highest BCUT2D eigenvalue weighted by Crippen LogP contribution is 2.26. The van der Waals surface area contributed by atoms with Crippen LogP contribution in [0.1, 0.15) is 42.4 Å². The van der Waals surface area contributed by atoms with Crippen molar-refractivity contribution in [1.82, 2.24) is 4.98 Å². The molecule has 0 saturated carbocycles. The lowest BCUT2D eigenvalue weighted by atomic mass is 10.00. The van der Waals surface area contributed by atoms with E-state index in [1.807, 2.05) is 32.0 Å². The molecular weight excluding hydrogens is 260 g/mol. The first-order valence-corrected chi connectivity index (χ1v) is 7.45. The lowest BCUT2D eigenvalue weighted by Gasteiger charge is -2.20. The number of aryl methyl sites for hydroxylation is 3. The summed E-state index contributed by atoms with van der Waals surface area (Å²) in [7, 11) is 0. The van der Waals surface area contributed by atoms with Crippen LogP contribution in [-0.2, 0) is 0 Å². The van der Waals surface area contributed by atoms with Crippen molar-refractivity contribution in [3.05, 3.63) is 52.8 Å². The number of nitrogens with one attached hydrogen (secondary N) is 1. The largest absolute Gasteiger partial charge is 0.494 e. The molecule has 1 aromatic carbocycles. The van der Waals surface area contributed by atoms with Gasteiger partial charge in [0.05, 0.1) is 12.6 Å². The maximum atomic E-state index is 5.54. The number of hydrogen-bond donors (Lipinski definition) is 1. The summed E-state index contributed by atoms with van der Waals surface area (Å²) in [5.41, 5.74) is 5.77. The lowest BCUT2D eigenvalue weighted by molar-refractivity contribution is 0.340. The monoisotopic (exact) mass is 284 g/mol. The molecule has 0 aliphatic rings. The number of ether oxygens (including phenoxy) is 1. The van der Waals surface area contributed by atoms with Gasteiger partial charge in [0.15, 0.2) is 0 Å². The van der Waals surface area contributed by atoms with Crippen LogP contribution in [0.5, 0.6) is 5.75 Å². The van der Waals surface area contributed by atoms with E-state index in [-0.39, 0.29) is 6.04 Å². The highest BCUT2D eigenvalue weighted by Gasteiger charge is 2.13. The van der Waals surface area contributed by atoms with E-state index in [1.54, 1.807) is 0 Å². The summed E-state index contributed by atoms with van der Waals surface area (Å²) in [6, 6.07) is 10.4. The van der Waals surface area contributed by atoms with Crippen molar-refractivity contribution in [2.75, 3.05) is 11.9 Å². The minimum atomic E-state index is 0.204. The smallest absolute Gasteiger partial charge is 0.121 e. The average molecular weight is 284 g/mol. The van der Waals surface area contributed by atoms with Crippen LogP contribution in [-0.4, -0.2) is 11.6 Å². The molecule has 21 heavy (non-hydrogen) atoms. The Morgan fingerprint density at radius 1 is 1.19 bits per heavy atom. The molecule has 0 aliphatic heterocycles. The van der Waals surface area contributed by atoms with Gasteiger partial charge in [0.25, 0.3) is 0 Å². The standard InChI is InChI=1S/C18H24N2O/c1-6-21-17-9-7-8-16(11-17)20-15(5)18-12(2)10-13(3)19-14(18)4/h7-11,15,20H,6H2,1-5H3. The summed E-state index contributed by atoms with van der Waals surface area (Å²) in [5, 5.41) is 3.54. The molecule has 0 saturated heterocycles. The number of aromatic nitrogens is 1. The van der Waals surface area contributed by atoms with Gasteiger partial charge in [0.2, 0.25) is 0 Å². The minimum absolute atomic E-state index is 0.204. The van der Waals surface area contributed by atoms with E-state index in [4.69, 9.17) is 4.74 Å². The third-order valence-corrected chi connectivity index (χ3v) is 3.55. The fourth-order valence-corrected chi connectivity index (χ4v) is 2.85. The van der Waals surface area contributed by atoms with Gasteiger partial charge in [-0.15, -0.1) is 0 Å². The number of hydrogen-bond acceptors (Lipinski definition) is 3. The average Bonchev–Trinajstić information content (AvgIpc) is 2.38. The highest BCUT2D eigenvalue weighted by atomic mass is 16.5. The molecule has 3 heteroatoms. The summed E-state index contributed by atoms with van der Waals surface area (Å²) in [6.45, 7) is 11.1. The second-order valence-corrected chi connectivity index (χ2v) is 5.41. The van der Waals surface area contributed by atoms with E-state index in [9.17, 15) is 0 Å². The van der Waals surface area contributed by atoms with Crippen molar-refractivity contribution in [1.29, 1.82) is 0 Å². The van der Waals surface area contributed by atoms with Crippen molar-refractivity contribution in [2.24, 2.45) is 0 Å². The molecule has 1 heterocycles. The van der Waals surface area contributed by atoms with Gasteiger partial charge in [0, 0.05) is 23.1 Å². The van der Waals surface area contributed by atoms with Crippen LogP contribution in [0, 0.1) is 20.8 Å². The summed E-state index contributed by atoms with van der Waals surface area (Å²) in [6.07, 6.45) is 0. The lowest BCUT2D eigenvalue weighted by Crippen LogP contribution is -2.11. The van der Waals surface area contributed by atoms with Crippen molar-refractivity contribution in [3.63, 3.8) is 0 Å².